The number of carbonyl (C=O) groups excluding carboxylic acids is 1. The van der Waals surface area contributed by atoms with E-state index >= 15 is 0 Å². The third-order valence-corrected chi connectivity index (χ3v) is 8.72. The van der Waals surface area contributed by atoms with Gasteiger partial charge in [0.15, 0.2) is 0 Å². The van der Waals surface area contributed by atoms with Gasteiger partial charge in [-0.1, -0.05) is 34.1 Å². The molecule has 0 atom stereocenters. The van der Waals surface area contributed by atoms with E-state index in [1.165, 1.54) is 12.1 Å². The third-order valence-electron chi connectivity index (χ3n) is 5.68. The number of sulfonamides is 1. The zero-order valence-corrected chi connectivity index (χ0v) is 24.7. The van der Waals surface area contributed by atoms with E-state index < -0.39 is 22.5 Å². The number of hydrogen-bond donors (Lipinski definition) is 1. The largest absolute Gasteiger partial charge is 0.318 e. The summed E-state index contributed by atoms with van der Waals surface area (Å²) in [5.74, 6) is -0.559. The Bertz CT molecular complexity index is 1540. The normalized spacial score (nSPS) is 11.6. The van der Waals surface area contributed by atoms with Crippen LogP contribution in [0.25, 0.3) is 5.69 Å². The third kappa shape index (κ3) is 6.31. The molecule has 190 valence electrons. The van der Waals surface area contributed by atoms with Crippen LogP contribution in [0.2, 0.25) is 0 Å². The number of hydrazone groups is 1. The van der Waals surface area contributed by atoms with Gasteiger partial charge in [0, 0.05) is 30.7 Å². The van der Waals surface area contributed by atoms with Crippen molar-refractivity contribution in [3.63, 3.8) is 0 Å². The lowest BCUT2D eigenvalue weighted by Crippen LogP contribution is -2.39. The molecule has 0 unspecified atom stereocenters. The van der Waals surface area contributed by atoms with Crippen molar-refractivity contribution in [2.75, 3.05) is 10.8 Å². The number of hydrogen-bond acceptors (Lipinski definition) is 4. The Hall–Kier alpha value is -2.96. The maximum atomic E-state index is 13.4. The smallest absolute Gasteiger partial charge is 0.264 e. The molecule has 0 aliphatic heterocycles. The summed E-state index contributed by atoms with van der Waals surface area (Å²) in [6, 6.07) is 24.9. The maximum absolute atomic E-state index is 13.4. The molecule has 4 rings (SSSR count). The summed E-state index contributed by atoms with van der Waals surface area (Å²) in [6.07, 6.45) is 1.57. The highest BCUT2D eigenvalue weighted by Gasteiger charge is 2.27. The van der Waals surface area contributed by atoms with E-state index in [0.29, 0.717) is 5.69 Å². The molecule has 7 nitrogen and oxygen atoms in total. The molecule has 0 bridgehead atoms. The lowest BCUT2D eigenvalue weighted by molar-refractivity contribution is -0.119. The van der Waals surface area contributed by atoms with Crippen LogP contribution in [0.15, 0.2) is 99.4 Å². The average Bonchev–Trinajstić information content (AvgIpc) is 3.17. The highest BCUT2D eigenvalue weighted by Crippen LogP contribution is 2.25. The number of carbonyl (C=O) groups is 1. The van der Waals surface area contributed by atoms with E-state index in [4.69, 9.17) is 0 Å². The number of nitrogens with zero attached hydrogens (tertiary/aromatic N) is 3. The monoisotopic (exact) mass is 690 g/mol. The molecule has 1 N–H and O–H groups in total. The summed E-state index contributed by atoms with van der Waals surface area (Å²) in [5.41, 5.74) is 6.70. The van der Waals surface area contributed by atoms with Crippen LogP contribution in [0, 0.1) is 17.4 Å². The fraction of sp³-hybridized carbons (Fsp3) is 0.111. The average molecular weight is 691 g/mol. The van der Waals surface area contributed by atoms with E-state index in [2.05, 4.69) is 53.6 Å². The molecule has 0 fully saturated rings. The summed E-state index contributed by atoms with van der Waals surface area (Å²) < 4.78 is 31.9. The van der Waals surface area contributed by atoms with Gasteiger partial charge in [-0.15, -0.1) is 0 Å². The molecule has 0 radical (unpaired) electrons. The van der Waals surface area contributed by atoms with Crippen molar-refractivity contribution in [1.82, 2.24) is 9.99 Å². The van der Waals surface area contributed by atoms with Crippen LogP contribution in [0.3, 0.4) is 0 Å². The molecule has 0 aliphatic carbocycles. The van der Waals surface area contributed by atoms with Gasteiger partial charge in [-0.3, -0.25) is 9.10 Å². The first-order valence-electron chi connectivity index (χ1n) is 11.3. The van der Waals surface area contributed by atoms with Crippen LogP contribution in [0.4, 0.5) is 5.69 Å². The lowest BCUT2D eigenvalue weighted by Gasteiger charge is -2.23. The summed E-state index contributed by atoms with van der Waals surface area (Å²) in [6.45, 7) is 3.55. The summed E-state index contributed by atoms with van der Waals surface area (Å²) >= 11 is 5.60. The first-order chi connectivity index (χ1) is 17.7. The number of amides is 1. The van der Waals surface area contributed by atoms with Gasteiger partial charge in [0.1, 0.15) is 6.54 Å². The van der Waals surface area contributed by atoms with Gasteiger partial charge in [-0.25, -0.2) is 13.8 Å². The Labute approximate surface area is 238 Å². The quantitative estimate of drug-likeness (QED) is 0.144. The van der Waals surface area contributed by atoms with Crippen LogP contribution in [0.5, 0.6) is 0 Å². The van der Waals surface area contributed by atoms with Crippen molar-refractivity contribution in [1.29, 1.82) is 0 Å². The molecule has 37 heavy (non-hydrogen) atoms. The molecule has 0 saturated heterocycles. The number of benzene rings is 3. The number of rotatable bonds is 8. The molecule has 10 heteroatoms. The van der Waals surface area contributed by atoms with Crippen LogP contribution >= 0.6 is 38.5 Å². The number of aromatic nitrogens is 1. The van der Waals surface area contributed by atoms with E-state index in [1.807, 2.05) is 44.2 Å². The van der Waals surface area contributed by atoms with Gasteiger partial charge in [0.2, 0.25) is 0 Å². The highest BCUT2D eigenvalue weighted by molar-refractivity contribution is 14.1. The second kappa shape index (κ2) is 11.6. The maximum Gasteiger partial charge on any atom is 0.264 e. The number of nitrogens with one attached hydrogen (secondary N) is 1. The fourth-order valence-electron chi connectivity index (χ4n) is 3.89. The fourth-order valence-corrected chi connectivity index (χ4v) is 5.95. The van der Waals surface area contributed by atoms with E-state index in [-0.39, 0.29) is 4.90 Å². The van der Waals surface area contributed by atoms with Crippen molar-refractivity contribution >= 4 is 66.4 Å². The van der Waals surface area contributed by atoms with Gasteiger partial charge in [0.25, 0.3) is 15.9 Å². The van der Waals surface area contributed by atoms with Gasteiger partial charge in [-0.2, -0.15) is 5.10 Å². The Morgan fingerprint density at radius 3 is 2.32 bits per heavy atom. The van der Waals surface area contributed by atoms with Crippen molar-refractivity contribution < 1.29 is 13.2 Å². The Balaban J connectivity index is 1.53. The van der Waals surface area contributed by atoms with Crippen LogP contribution in [-0.4, -0.2) is 31.7 Å². The van der Waals surface area contributed by atoms with E-state index in [9.17, 15) is 13.2 Å². The Morgan fingerprint density at radius 2 is 1.68 bits per heavy atom. The SMILES string of the molecule is Cc1cc(/C=N\NC(=O)CN(c2ccc(I)cc2)S(=O)(=O)c2ccccc2)c(C)n1-c1ccc(Br)cc1. The van der Waals surface area contributed by atoms with E-state index in [1.54, 1.807) is 48.7 Å². The molecule has 0 aliphatic rings. The summed E-state index contributed by atoms with van der Waals surface area (Å²) in [5, 5.41) is 4.11. The minimum Gasteiger partial charge on any atom is -0.318 e. The zero-order valence-electron chi connectivity index (χ0n) is 20.1. The van der Waals surface area contributed by atoms with Crippen LogP contribution in [0.1, 0.15) is 17.0 Å². The number of halogens is 2. The summed E-state index contributed by atoms with van der Waals surface area (Å²) in [4.78, 5) is 12.9. The van der Waals surface area contributed by atoms with Gasteiger partial charge < -0.3 is 4.57 Å². The Kier molecular flexibility index (Phi) is 8.50. The van der Waals surface area contributed by atoms with Crippen molar-refractivity contribution in [3.05, 3.63) is 110 Å². The lowest BCUT2D eigenvalue weighted by atomic mass is 10.2. The predicted molar refractivity (Wildman–Crippen MR) is 159 cm³/mol. The molecule has 1 aromatic heterocycles. The van der Waals surface area contributed by atoms with Crippen molar-refractivity contribution in [3.8, 4) is 5.69 Å². The molecule has 0 spiro atoms. The first kappa shape index (κ1) is 27.1. The standard InChI is InChI=1S/C27H24BrIN4O3S/c1-19-16-21(20(2)33(19)25-12-8-22(28)9-13-25)17-30-31-27(34)18-32(24-14-10-23(29)11-15-24)37(35,36)26-6-4-3-5-7-26/h3-17H,18H2,1-2H3,(H,31,34)/b30-17-. The molecule has 3 aromatic carbocycles. The van der Waals surface area contributed by atoms with Gasteiger partial charge in [0.05, 0.1) is 16.8 Å². The topological polar surface area (TPSA) is 83.8 Å². The molecule has 4 aromatic rings. The minimum atomic E-state index is -3.97. The minimum absolute atomic E-state index is 0.102. The summed E-state index contributed by atoms with van der Waals surface area (Å²) in [7, 11) is -3.97. The van der Waals surface area contributed by atoms with Crippen molar-refractivity contribution in [2.45, 2.75) is 18.7 Å². The second-order valence-corrected chi connectivity index (χ2v) is 12.3. The molecule has 0 saturated carbocycles. The molecular formula is C27H24BrIN4O3S. The molecule has 1 heterocycles. The molecular weight excluding hydrogens is 667 g/mol. The first-order valence-corrected chi connectivity index (χ1v) is 14.6. The van der Waals surface area contributed by atoms with E-state index in [0.717, 1.165) is 35.0 Å². The number of aryl methyl sites for hydroxylation is 1. The van der Waals surface area contributed by atoms with Crippen LogP contribution < -0.4 is 9.73 Å². The molecule has 1 amide bonds. The second-order valence-electron chi connectivity index (χ2n) is 8.23. The zero-order chi connectivity index (χ0) is 26.6. The predicted octanol–water partition coefficient (Wildman–Crippen LogP) is 5.81. The van der Waals surface area contributed by atoms with Crippen LogP contribution in [-0.2, 0) is 14.8 Å². The van der Waals surface area contributed by atoms with Gasteiger partial charge in [-0.05, 0) is 103 Å². The highest BCUT2D eigenvalue weighted by atomic mass is 127. The van der Waals surface area contributed by atoms with Crippen molar-refractivity contribution in [2.24, 2.45) is 5.10 Å². The number of anilines is 1. The van der Waals surface area contributed by atoms with Gasteiger partial charge >= 0.3 is 0 Å². The Morgan fingerprint density at radius 1 is 1.03 bits per heavy atom.